The van der Waals surface area contributed by atoms with Crippen LogP contribution in [0.4, 0.5) is 11.4 Å². The summed E-state index contributed by atoms with van der Waals surface area (Å²) in [5.41, 5.74) is 0.617. The maximum Gasteiger partial charge on any atom is 0.261 e. The molecule has 6 nitrogen and oxygen atoms in total. The van der Waals surface area contributed by atoms with E-state index in [9.17, 15) is 16.8 Å². The van der Waals surface area contributed by atoms with Crippen LogP contribution in [0.2, 0.25) is 5.02 Å². The highest BCUT2D eigenvalue weighted by molar-refractivity contribution is 7.93. The second-order valence-electron chi connectivity index (χ2n) is 6.52. The Morgan fingerprint density at radius 3 is 2.39 bits per heavy atom. The Kier molecular flexibility index (Phi) is 4.73. The molecule has 0 bridgehead atoms. The molecule has 0 atom stereocenters. The van der Waals surface area contributed by atoms with Crippen molar-refractivity contribution < 1.29 is 16.8 Å². The van der Waals surface area contributed by atoms with Crippen LogP contribution in [-0.4, -0.2) is 29.1 Å². The van der Waals surface area contributed by atoms with E-state index in [-0.39, 0.29) is 21.4 Å². The van der Waals surface area contributed by atoms with E-state index in [4.69, 9.17) is 11.6 Å². The van der Waals surface area contributed by atoms with Gasteiger partial charge in [-0.1, -0.05) is 41.9 Å². The molecule has 0 saturated carbocycles. The highest BCUT2D eigenvalue weighted by atomic mass is 35.5. The lowest BCUT2D eigenvalue weighted by Gasteiger charge is -2.18. The number of hydrogen-bond donors (Lipinski definition) is 1. The maximum absolute atomic E-state index is 12.8. The Labute approximate surface area is 168 Å². The Hall–Kier alpha value is -2.29. The van der Waals surface area contributed by atoms with Gasteiger partial charge in [0.1, 0.15) is 0 Å². The summed E-state index contributed by atoms with van der Waals surface area (Å²) in [6.07, 6.45) is 0.552. The van der Waals surface area contributed by atoms with Crippen LogP contribution in [0.25, 0.3) is 10.8 Å². The molecule has 0 amide bonds. The third-order valence-electron chi connectivity index (χ3n) is 4.62. The lowest BCUT2D eigenvalue weighted by atomic mass is 10.1. The van der Waals surface area contributed by atoms with Crippen molar-refractivity contribution in [3.63, 3.8) is 0 Å². The van der Waals surface area contributed by atoms with Gasteiger partial charge < -0.3 is 0 Å². The minimum atomic E-state index is -3.85. The number of rotatable bonds is 4. The molecule has 0 unspecified atom stereocenters. The van der Waals surface area contributed by atoms with Crippen molar-refractivity contribution in [3.8, 4) is 0 Å². The minimum absolute atomic E-state index is 0.0982. The Bertz CT molecular complexity index is 1270. The number of hydrogen-bond acceptors (Lipinski definition) is 4. The van der Waals surface area contributed by atoms with Crippen molar-refractivity contribution in [3.05, 3.63) is 65.7 Å². The number of benzene rings is 3. The van der Waals surface area contributed by atoms with E-state index in [1.165, 1.54) is 22.5 Å². The lowest BCUT2D eigenvalue weighted by molar-refractivity contribution is 0.598. The monoisotopic (exact) mass is 436 g/mol. The molecule has 28 heavy (non-hydrogen) atoms. The number of sulfonamides is 2. The van der Waals surface area contributed by atoms with E-state index in [0.29, 0.717) is 18.7 Å². The lowest BCUT2D eigenvalue weighted by Crippen LogP contribution is -2.25. The zero-order chi connectivity index (χ0) is 19.9. The Morgan fingerprint density at radius 2 is 1.71 bits per heavy atom. The molecule has 0 aromatic heterocycles. The molecule has 1 aliphatic rings. The second-order valence-corrected chi connectivity index (χ2v) is 10.6. The van der Waals surface area contributed by atoms with Crippen LogP contribution in [-0.2, 0) is 20.0 Å². The molecule has 0 spiro atoms. The van der Waals surface area contributed by atoms with E-state index < -0.39 is 20.0 Å². The summed E-state index contributed by atoms with van der Waals surface area (Å²) in [6.45, 7) is 0.390. The van der Waals surface area contributed by atoms with Crippen molar-refractivity contribution in [2.45, 2.75) is 11.3 Å². The van der Waals surface area contributed by atoms with Crippen LogP contribution in [0.5, 0.6) is 0 Å². The van der Waals surface area contributed by atoms with Gasteiger partial charge in [-0.05, 0) is 47.5 Å². The molecule has 1 saturated heterocycles. The van der Waals surface area contributed by atoms with E-state index in [0.717, 1.165) is 10.8 Å². The molecule has 1 N–H and O–H groups in total. The number of nitrogens with zero attached hydrogens (tertiary/aromatic N) is 1. The minimum Gasteiger partial charge on any atom is -0.278 e. The van der Waals surface area contributed by atoms with Gasteiger partial charge in [-0.25, -0.2) is 16.8 Å². The summed E-state index contributed by atoms with van der Waals surface area (Å²) < 4.78 is 53.4. The first-order valence-electron chi connectivity index (χ1n) is 8.58. The van der Waals surface area contributed by atoms with Crippen molar-refractivity contribution in [2.24, 2.45) is 0 Å². The highest BCUT2D eigenvalue weighted by Gasteiger charge is 2.29. The van der Waals surface area contributed by atoms with Gasteiger partial charge in [-0.15, -0.1) is 0 Å². The molecule has 1 heterocycles. The first kappa shape index (κ1) is 19.0. The van der Waals surface area contributed by atoms with Crippen LogP contribution < -0.4 is 9.03 Å². The zero-order valence-electron chi connectivity index (χ0n) is 14.7. The average Bonchev–Trinajstić information content (AvgIpc) is 3.02. The SMILES string of the molecule is O=S(=O)(Nc1ccc(N2CCCS2(=O)=O)cc1Cl)c1ccc2ccccc2c1. The molecular formula is C19H17ClN2O4S2. The largest absolute Gasteiger partial charge is 0.278 e. The van der Waals surface area contributed by atoms with Gasteiger partial charge in [0.2, 0.25) is 10.0 Å². The normalized spacial score (nSPS) is 16.4. The fourth-order valence-corrected chi connectivity index (χ4v) is 6.16. The van der Waals surface area contributed by atoms with Gasteiger partial charge in [0.25, 0.3) is 10.0 Å². The molecule has 3 aromatic carbocycles. The smallest absolute Gasteiger partial charge is 0.261 e. The summed E-state index contributed by atoms with van der Waals surface area (Å²) >= 11 is 6.24. The van der Waals surface area contributed by atoms with Crippen LogP contribution in [0.1, 0.15) is 6.42 Å². The second kappa shape index (κ2) is 6.95. The molecule has 0 aliphatic carbocycles. The van der Waals surface area contributed by atoms with Crippen molar-refractivity contribution in [1.29, 1.82) is 0 Å². The number of nitrogens with one attached hydrogen (secondary N) is 1. The van der Waals surface area contributed by atoms with E-state index in [1.807, 2.05) is 24.3 Å². The van der Waals surface area contributed by atoms with Gasteiger partial charge in [0.05, 0.1) is 27.0 Å². The van der Waals surface area contributed by atoms with Gasteiger partial charge in [-0.3, -0.25) is 9.03 Å². The summed E-state index contributed by atoms with van der Waals surface area (Å²) in [6, 6.07) is 16.8. The number of anilines is 2. The molecule has 9 heteroatoms. The van der Waals surface area contributed by atoms with E-state index in [1.54, 1.807) is 18.2 Å². The predicted octanol–water partition coefficient (Wildman–Crippen LogP) is 3.83. The van der Waals surface area contributed by atoms with E-state index >= 15 is 0 Å². The van der Waals surface area contributed by atoms with Crippen molar-refractivity contribution in [2.75, 3.05) is 21.3 Å². The van der Waals surface area contributed by atoms with Crippen LogP contribution in [0.15, 0.2) is 65.6 Å². The van der Waals surface area contributed by atoms with Crippen molar-refractivity contribution in [1.82, 2.24) is 0 Å². The third-order valence-corrected chi connectivity index (χ3v) is 8.16. The highest BCUT2D eigenvalue weighted by Crippen LogP contribution is 2.32. The standard InChI is InChI=1S/C19H17ClN2O4S2/c20-18-13-16(22-10-3-11-27(22,23)24)7-9-19(18)21-28(25,26)17-8-6-14-4-1-2-5-15(14)12-17/h1-2,4-9,12-13,21H,3,10-11H2. The molecular weight excluding hydrogens is 420 g/mol. The van der Waals surface area contributed by atoms with Crippen LogP contribution in [0.3, 0.4) is 0 Å². The average molecular weight is 437 g/mol. The van der Waals surface area contributed by atoms with Crippen molar-refractivity contribution >= 4 is 53.8 Å². The molecule has 1 fully saturated rings. The summed E-state index contributed by atoms with van der Waals surface area (Å²) in [5.74, 6) is 0.0982. The van der Waals surface area contributed by atoms with E-state index in [2.05, 4.69) is 4.72 Å². The molecule has 4 rings (SSSR count). The quantitative estimate of drug-likeness (QED) is 0.673. The van der Waals surface area contributed by atoms with Gasteiger partial charge in [-0.2, -0.15) is 0 Å². The topological polar surface area (TPSA) is 83.6 Å². The summed E-state index contributed by atoms with van der Waals surface area (Å²) in [7, 11) is -7.18. The maximum atomic E-state index is 12.8. The molecule has 3 aromatic rings. The Morgan fingerprint density at radius 1 is 0.964 bits per heavy atom. The fourth-order valence-electron chi connectivity index (χ4n) is 3.21. The number of fused-ring (bicyclic) bond motifs is 1. The summed E-state index contributed by atoms with van der Waals surface area (Å²) in [5, 5.41) is 1.88. The fraction of sp³-hybridized carbons (Fsp3) is 0.158. The first-order valence-corrected chi connectivity index (χ1v) is 12.0. The van der Waals surface area contributed by atoms with Crippen LogP contribution in [0, 0.1) is 0 Å². The number of halogens is 1. The zero-order valence-corrected chi connectivity index (χ0v) is 17.1. The summed E-state index contributed by atoms with van der Waals surface area (Å²) in [4.78, 5) is 0.119. The molecule has 146 valence electrons. The third kappa shape index (κ3) is 3.55. The molecule has 0 radical (unpaired) electrons. The van der Waals surface area contributed by atoms with Gasteiger partial charge in [0, 0.05) is 6.54 Å². The van der Waals surface area contributed by atoms with Gasteiger partial charge >= 0.3 is 0 Å². The van der Waals surface area contributed by atoms with Crippen LogP contribution >= 0.6 is 11.6 Å². The predicted molar refractivity (Wildman–Crippen MR) is 112 cm³/mol. The van der Waals surface area contributed by atoms with Gasteiger partial charge in [0.15, 0.2) is 0 Å². The first-order chi connectivity index (χ1) is 13.3. The Balaban J connectivity index is 1.64. The molecule has 1 aliphatic heterocycles.